The molecule has 1 aromatic heterocycles. The molecule has 2 rings (SSSR count). The van der Waals surface area contributed by atoms with Crippen molar-refractivity contribution in [2.45, 2.75) is 41.5 Å². The molecule has 1 aliphatic carbocycles. The summed E-state index contributed by atoms with van der Waals surface area (Å²) >= 11 is 0. The molecule has 0 amide bonds. The molecule has 1 heterocycles. The van der Waals surface area contributed by atoms with Gasteiger partial charge in [-0.1, -0.05) is 34.6 Å². The van der Waals surface area contributed by atoms with Gasteiger partial charge in [0.25, 0.3) is 0 Å². The van der Waals surface area contributed by atoms with E-state index in [1.807, 2.05) is 13.0 Å². The largest absolute Gasteiger partial charge is 0.401 e. The van der Waals surface area contributed by atoms with Crippen molar-refractivity contribution < 1.29 is 0 Å². The van der Waals surface area contributed by atoms with E-state index in [0.29, 0.717) is 11.4 Å². The summed E-state index contributed by atoms with van der Waals surface area (Å²) in [4.78, 5) is 8.31. The van der Waals surface area contributed by atoms with Crippen molar-refractivity contribution in [2.24, 2.45) is 22.5 Å². The van der Waals surface area contributed by atoms with E-state index in [9.17, 15) is 0 Å². The summed E-state index contributed by atoms with van der Waals surface area (Å²) in [5.41, 5.74) is 9.97. The van der Waals surface area contributed by atoms with E-state index >= 15 is 0 Å². The van der Waals surface area contributed by atoms with Crippen molar-refractivity contribution >= 4 is 5.71 Å². The van der Waals surface area contributed by atoms with Gasteiger partial charge in [0, 0.05) is 22.4 Å². The lowest BCUT2D eigenvalue weighted by Gasteiger charge is -2.39. The SMILES string of the molecule is Cc1cc(C(=N)C2=C(N)C(C)(C)C(C)(C)C2C)ncn1. The quantitative estimate of drug-likeness (QED) is 0.812. The van der Waals surface area contributed by atoms with Gasteiger partial charge in [-0.15, -0.1) is 0 Å². The molecular weight excluding hydrogens is 248 g/mol. The average molecular weight is 272 g/mol. The molecule has 3 N–H and O–H groups in total. The van der Waals surface area contributed by atoms with Crippen molar-refractivity contribution in [3.05, 3.63) is 35.1 Å². The van der Waals surface area contributed by atoms with Crippen LogP contribution in [-0.2, 0) is 0 Å². The van der Waals surface area contributed by atoms with Crippen LogP contribution >= 0.6 is 0 Å². The number of rotatable bonds is 2. The zero-order chi connectivity index (χ0) is 15.3. The van der Waals surface area contributed by atoms with Gasteiger partial charge >= 0.3 is 0 Å². The second kappa shape index (κ2) is 4.40. The topological polar surface area (TPSA) is 75.7 Å². The van der Waals surface area contributed by atoms with Crippen LogP contribution in [0.5, 0.6) is 0 Å². The molecule has 4 heteroatoms. The van der Waals surface area contributed by atoms with Crippen molar-refractivity contribution in [1.29, 1.82) is 5.41 Å². The maximum Gasteiger partial charge on any atom is 0.116 e. The number of hydrogen-bond acceptors (Lipinski definition) is 4. The minimum absolute atomic E-state index is 0.0147. The van der Waals surface area contributed by atoms with Gasteiger partial charge in [-0.2, -0.15) is 0 Å². The predicted molar refractivity (Wildman–Crippen MR) is 81.5 cm³/mol. The van der Waals surface area contributed by atoms with Crippen LogP contribution in [0.3, 0.4) is 0 Å². The smallest absolute Gasteiger partial charge is 0.116 e. The lowest BCUT2D eigenvalue weighted by Crippen LogP contribution is -2.35. The van der Waals surface area contributed by atoms with E-state index in [2.05, 4.69) is 44.6 Å². The number of hydrogen-bond donors (Lipinski definition) is 2. The van der Waals surface area contributed by atoms with E-state index in [1.54, 1.807) is 0 Å². The second-order valence-corrected chi connectivity index (χ2v) is 6.82. The maximum absolute atomic E-state index is 8.51. The Morgan fingerprint density at radius 2 is 1.85 bits per heavy atom. The molecule has 1 aliphatic rings. The van der Waals surface area contributed by atoms with Crippen molar-refractivity contribution in [3.8, 4) is 0 Å². The van der Waals surface area contributed by atoms with E-state index in [0.717, 1.165) is 17.0 Å². The maximum atomic E-state index is 8.51. The molecule has 1 aromatic rings. The Morgan fingerprint density at radius 3 is 2.30 bits per heavy atom. The Labute approximate surface area is 121 Å². The number of aromatic nitrogens is 2. The van der Waals surface area contributed by atoms with Crippen molar-refractivity contribution in [1.82, 2.24) is 9.97 Å². The van der Waals surface area contributed by atoms with Gasteiger partial charge in [-0.05, 0) is 24.3 Å². The number of nitrogens with zero attached hydrogens (tertiary/aromatic N) is 2. The Bertz CT molecular complexity index is 596. The van der Waals surface area contributed by atoms with Crippen LogP contribution < -0.4 is 5.73 Å². The van der Waals surface area contributed by atoms with Gasteiger partial charge in [-0.3, -0.25) is 5.41 Å². The molecule has 0 saturated heterocycles. The zero-order valence-electron chi connectivity index (χ0n) is 13.2. The minimum Gasteiger partial charge on any atom is -0.401 e. The Hall–Kier alpha value is -1.71. The third-order valence-corrected chi connectivity index (χ3v) is 5.42. The highest BCUT2D eigenvalue weighted by atomic mass is 14.8. The predicted octanol–water partition coefficient (Wildman–Crippen LogP) is 3.07. The zero-order valence-corrected chi connectivity index (χ0v) is 13.2. The summed E-state index contributed by atoms with van der Waals surface area (Å²) < 4.78 is 0. The molecule has 0 spiro atoms. The fraction of sp³-hybridized carbons (Fsp3) is 0.562. The lowest BCUT2D eigenvalue weighted by atomic mass is 9.65. The summed E-state index contributed by atoms with van der Waals surface area (Å²) in [7, 11) is 0. The highest BCUT2D eigenvalue weighted by Crippen LogP contribution is 2.57. The van der Waals surface area contributed by atoms with Crippen LogP contribution in [0.2, 0.25) is 0 Å². The lowest BCUT2D eigenvalue weighted by molar-refractivity contribution is 0.129. The van der Waals surface area contributed by atoms with Crippen LogP contribution in [-0.4, -0.2) is 15.7 Å². The van der Waals surface area contributed by atoms with Gasteiger partial charge in [-0.25, -0.2) is 9.97 Å². The first-order valence-electron chi connectivity index (χ1n) is 6.98. The molecule has 20 heavy (non-hydrogen) atoms. The molecule has 0 saturated carbocycles. The highest BCUT2D eigenvalue weighted by molar-refractivity contribution is 6.10. The number of aryl methyl sites for hydroxylation is 1. The number of allylic oxidation sites excluding steroid dienone is 2. The molecule has 0 fully saturated rings. The summed E-state index contributed by atoms with van der Waals surface area (Å²) in [6.07, 6.45) is 1.51. The fourth-order valence-electron chi connectivity index (χ4n) is 2.90. The van der Waals surface area contributed by atoms with Gasteiger partial charge in [0.1, 0.15) is 6.33 Å². The van der Waals surface area contributed by atoms with E-state index < -0.39 is 0 Å². The monoisotopic (exact) mass is 272 g/mol. The van der Waals surface area contributed by atoms with Gasteiger partial charge < -0.3 is 5.73 Å². The molecule has 1 unspecified atom stereocenters. The highest BCUT2D eigenvalue weighted by Gasteiger charge is 2.52. The summed E-state index contributed by atoms with van der Waals surface area (Å²) in [6.45, 7) is 12.8. The minimum atomic E-state index is -0.129. The van der Waals surface area contributed by atoms with Crippen LogP contribution in [0, 0.1) is 29.1 Å². The Balaban J connectivity index is 2.53. The Morgan fingerprint density at radius 1 is 1.25 bits per heavy atom. The first-order valence-corrected chi connectivity index (χ1v) is 6.98. The van der Waals surface area contributed by atoms with Crippen LogP contribution in [0.4, 0.5) is 0 Å². The van der Waals surface area contributed by atoms with Crippen molar-refractivity contribution in [2.75, 3.05) is 0 Å². The summed E-state index contributed by atoms with van der Waals surface area (Å²) in [6, 6.07) is 1.84. The summed E-state index contributed by atoms with van der Waals surface area (Å²) in [5.74, 6) is 0.222. The molecule has 0 aromatic carbocycles. The normalized spacial score (nSPS) is 24.0. The second-order valence-electron chi connectivity index (χ2n) is 6.82. The first kappa shape index (κ1) is 14.7. The summed E-state index contributed by atoms with van der Waals surface area (Å²) in [5, 5.41) is 8.51. The standard InChI is InChI=1S/C16H24N4/c1-9-7-11(20-8-19-9)13(17)12-10(2)15(3,4)16(5,6)14(12)18/h7-8,10,17H,18H2,1-6H3. The van der Waals surface area contributed by atoms with E-state index in [4.69, 9.17) is 11.1 Å². The molecular formula is C16H24N4. The Kier molecular flexibility index (Phi) is 3.23. The molecule has 4 nitrogen and oxygen atoms in total. The molecule has 0 bridgehead atoms. The molecule has 1 atom stereocenters. The van der Waals surface area contributed by atoms with Crippen molar-refractivity contribution in [3.63, 3.8) is 0 Å². The van der Waals surface area contributed by atoms with Gasteiger partial charge in [0.2, 0.25) is 0 Å². The van der Waals surface area contributed by atoms with Gasteiger partial charge in [0.05, 0.1) is 11.4 Å². The van der Waals surface area contributed by atoms with Crippen LogP contribution in [0.25, 0.3) is 0 Å². The molecule has 108 valence electrons. The molecule has 0 aliphatic heterocycles. The first-order chi connectivity index (χ1) is 9.10. The van der Waals surface area contributed by atoms with E-state index in [1.165, 1.54) is 6.33 Å². The van der Waals surface area contributed by atoms with E-state index in [-0.39, 0.29) is 16.7 Å². The molecule has 0 radical (unpaired) electrons. The number of nitrogens with one attached hydrogen (secondary N) is 1. The average Bonchev–Trinajstić information content (AvgIpc) is 2.48. The number of nitrogens with two attached hydrogens (primary N) is 1. The van der Waals surface area contributed by atoms with Gasteiger partial charge in [0.15, 0.2) is 0 Å². The fourth-order valence-corrected chi connectivity index (χ4v) is 2.90. The third kappa shape index (κ3) is 1.86. The van der Waals surface area contributed by atoms with Crippen LogP contribution in [0.15, 0.2) is 23.7 Å². The third-order valence-electron chi connectivity index (χ3n) is 5.42. The van der Waals surface area contributed by atoms with Crippen LogP contribution in [0.1, 0.15) is 46.0 Å².